The highest BCUT2D eigenvalue weighted by atomic mass is 19.2. The highest BCUT2D eigenvalue weighted by molar-refractivity contribution is 5.74. The minimum Gasteiger partial charge on any atom is -0.492 e. The first-order valence-corrected chi connectivity index (χ1v) is 9.26. The number of ether oxygens (including phenoxy) is 1. The summed E-state index contributed by atoms with van der Waals surface area (Å²) in [4.78, 5) is 14.0. The van der Waals surface area contributed by atoms with Crippen LogP contribution in [0.1, 0.15) is 18.4 Å². The Morgan fingerprint density at radius 1 is 1.07 bits per heavy atom. The van der Waals surface area contributed by atoms with E-state index in [9.17, 15) is 13.6 Å². The van der Waals surface area contributed by atoms with Crippen molar-refractivity contribution in [1.29, 1.82) is 0 Å². The molecule has 0 bridgehead atoms. The summed E-state index contributed by atoms with van der Waals surface area (Å²) in [5, 5.41) is 2.81. The second-order valence-electron chi connectivity index (χ2n) is 6.78. The van der Waals surface area contributed by atoms with Crippen molar-refractivity contribution in [1.82, 2.24) is 10.2 Å². The number of halogens is 2. The molecule has 4 nitrogen and oxygen atoms in total. The second kappa shape index (κ2) is 9.35. The number of amides is 2. The Kier molecular flexibility index (Phi) is 6.63. The SMILES string of the molecule is O=C(NCCOc1ccc(F)c(F)c1)N1CCC(Cc2ccccc2)CC1. The first kappa shape index (κ1) is 19.1. The van der Waals surface area contributed by atoms with Crippen molar-refractivity contribution < 1.29 is 18.3 Å². The van der Waals surface area contributed by atoms with Gasteiger partial charge in [-0.1, -0.05) is 30.3 Å². The fourth-order valence-corrected chi connectivity index (χ4v) is 3.29. The van der Waals surface area contributed by atoms with E-state index in [1.54, 1.807) is 0 Å². The molecule has 1 N–H and O–H groups in total. The lowest BCUT2D eigenvalue weighted by Gasteiger charge is -2.32. The molecular weight excluding hydrogens is 350 g/mol. The summed E-state index contributed by atoms with van der Waals surface area (Å²) in [5.41, 5.74) is 1.34. The zero-order chi connectivity index (χ0) is 19.1. The van der Waals surface area contributed by atoms with E-state index in [-0.39, 0.29) is 18.4 Å². The van der Waals surface area contributed by atoms with Gasteiger partial charge in [0.05, 0.1) is 6.54 Å². The largest absolute Gasteiger partial charge is 0.492 e. The number of rotatable bonds is 6. The van der Waals surface area contributed by atoms with Gasteiger partial charge in [-0.05, 0) is 42.9 Å². The summed E-state index contributed by atoms with van der Waals surface area (Å²) in [6.07, 6.45) is 3.04. The quantitative estimate of drug-likeness (QED) is 0.777. The van der Waals surface area contributed by atoms with E-state index < -0.39 is 11.6 Å². The molecule has 1 heterocycles. The number of urea groups is 1. The van der Waals surface area contributed by atoms with Crippen LogP contribution in [0.5, 0.6) is 5.75 Å². The van der Waals surface area contributed by atoms with Crippen LogP contribution in [0.2, 0.25) is 0 Å². The van der Waals surface area contributed by atoms with Crippen molar-refractivity contribution in [2.45, 2.75) is 19.3 Å². The third kappa shape index (κ3) is 5.67. The van der Waals surface area contributed by atoms with Crippen molar-refractivity contribution in [3.8, 4) is 5.75 Å². The van der Waals surface area contributed by atoms with E-state index in [4.69, 9.17) is 4.74 Å². The molecule has 144 valence electrons. The maximum Gasteiger partial charge on any atom is 0.317 e. The minimum absolute atomic E-state index is 0.109. The lowest BCUT2D eigenvalue weighted by molar-refractivity contribution is 0.168. The average molecular weight is 374 g/mol. The Morgan fingerprint density at radius 2 is 1.81 bits per heavy atom. The average Bonchev–Trinajstić information content (AvgIpc) is 2.69. The van der Waals surface area contributed by atoms with Gasteiger partial charge >= 0.3 is 6.03 Å². The van der Waals surface area contributed by atoms with Crippen LogP contribution < -0.4 is 10.1 Å². The van der Waals surface area contributed by atoms with Gasteiger partial charge in [0.15, 0.2) is 11.6 Å². The van der Waals surface area contributed by atoms with E-state index in [1.165, 1.54) is 11.6 Å². The zero-order valence-electron chi connectivity index (χ0n) is 15.2. The van der Waals surface area contributed by atoms with E-state index in [2.05, 4.69) is 29.6 Å². The summed E-state index contributed by atoms with van der Waals surface area (Å²) in [5.74, 6) is -1.01. The maximum atomic E-state index is 13.1. The van der Waals surface area contributed by atoms with Crippen LogP contribution in [0.4, 0.5) is 13.6 Å². The van der Waals surface area contributed by atoms with Gasteiger partial charge in [-0.3, -0.25) is 0 Å². The highest BCUT2D eigenvalue weighted by Gasteiger charge is 2.22. The molecule has 3 rings (SSSR count). The molecule has 0 atom stereocenters. The lowest BCUT2D eigenvalue weighted by Crippen LogP contribution is -2.45. The first-order chi connectivity index (χ1) is 13.1. The lowest BCUT2D eigenvalue weighted by atomic mass is 9.90. The number of hydrogen-bond donors (Lipinski definition) is 1. The second-order valence-corrected chi connectivity index (χ2v) is 6.78. The van der Waals surface area contributed by atoms with E-state index in [1.807, 2.05) is 11.0 Å². The maximum absolute atomic E-state index is 13.1. The standard InChI is InChI=1S/C21H24F2N2O2/c22-19-7-6-18(15-20(19)23)27-13-10-24-21(26)25-11-8-17(9-12-25)14-16-4-2-1-3-5-16/h1-7,15,17H,8-14H2,(H,24,26). The molecule has 2 aromatic carbocycles. The molecule has 1 aliphatic heterocycles. The molecule has 0 radical (unpaired) electrons. The summed E-state index contributed by atoms with van der Waals surface area (Å²) >= 11 is 0. The Bertz CT molecular complexity index is 747. The molecule has 1 aliphatic rings. The summed E-state index contributed by atoms with van der Waals surface area (Å²) in [6, 6.07) is 13.7. The van der Waals surface area contributed by atoms with Gasteiger partial charge in [-0.2, -0.15) is 0 Å². The third-order valence-corrected chi connectivity index (χ3v) is 4.81. The number of nitrogens with one attached hydrogen (secondary N) is 1. The summed E-state index contributed by atoms with van der Waals surface area (Å²) in [7, 11) is 0. The smallest absolute Gasteiger partial charge is 0.317 e. The third-order valence-electron chi connectivity index (χ3n) is 4.81. The van der Waals surface area contributed by atoms with Crippen molar-refractivity contribution in [3.63, 3.8) is 0 Å². The monoisotopic (exact) mass is 374 g/mol. The molecule has 0 spiro atoms. The summed E-state index contributed by atoms with van der Waals surface area (Å²) in [6.45, 7) is 1.99. The Morgan fingerprint density at radius 3 is 2.52 bits per heavy atom. The van der Waals surface area contributed by atoms with Crippen molar-refractivity contribution in [2.24, 2.45) is 5.92 Å². The fourth-order valence-electron chi connectivity index (χ4n) is 3.29. The van der Waals surface area contributed by atoms with E-state index in [0.29, 0.717) is 12.5 Å². The van der Waals surface area contributed by atoms with Crippen LogP contribution in [-0.2, 0) is 6.42 Å². The first-order valence-electron chi connectivity index (χ1n) is 9.26. The van der Waals surface area contributed by atoms with Gasteiger partial charge in [0.1, 0.15) is 12.4 Å². The normalized spacial score (nSPS) is 14.8. The van der Waals surface area contributed by atoms with Crippen LogP contribution in [0, 0.1) is 17.6 Å². The van der Waals surface area contributed by atoms with Gasteiger partial charge < -0.3 is 15.0 Å². The number of nitrogens with zero attached hydrogens (tertiary/aromatic N) is 1. The van der Waals surface area contributed by atoms with Crippen molar-refractivity contribution in [2.75, 3.05) is 26.2 Å². The van der Waals surface area contributed by atoms with Gasteiger partial charge in [-0.25, -0.2) is 13.6 Å². The molecule has 2 amide bonds. The van der Waals surface area contributed by atoms with Gasteiger partial charge in [0.25, 0.3) is 0 Å². The molecular formula is C21H24F2N2O2. The van der Waals surface area contributed by atoms with Gasteiger partial charge in [-0.15, -0.1) is 0 Å². The molecule has 1 fully saturated rings. The van der Waals surface area contributed by atoms with Gasteiger partial charge in [0.2, 0.25) is 0 Å². The number of carbonyl (C=O) groups excluding carboxylic acids is 1. The number of piperidine rings is 1. The zero-order valence-corrected chi connectivity index (χ0v) is 15.2. The van der Waals surface area contributed by atoms with Gasteiger partial charge in [0, 0.05) is 19.2 Å². The summed E-state index contributed by atoms with van der Waals surface area (Å²) < 4.78 is 31.3. The molecule has 0 aliphatic carbocycles. The van der Waals surface area contributed by atoms with Crippen molar-refractivity contribution >= 4 is 6.03 Å². The van der Waals surface area contributed by atoms with Crippen LogP contribution in [0.25, 0.3) is 0 Å². The highest BCUT2D eigenvalue weighted by Crippen LogP contribution is 2.21. The van der Waals surface area contributed by atoms with Crippen LogP contribution in [0.15, 0.2) is 48.5 Å². The van der Waals surface area contributed by atoms with Crippen LogP contribution in [0.3, 0.4) is 0 Å². The van der Waals surface area contributed by atoms with Crippen LogP contribution in [-0.4, -0.2) is 37.2 Å². The molecule has 1 saturated heterocycles. The molecule has 0 aromatic heterocycles. The Hall–Kier alpha value is -2.63. The Balaban J connectivity index is 1.34. The number of hydrogen-bond acceptors (Lipinski definition) is 2. The predicted octanol–water partition coefficient (Wildman–Crippen LogP) is 4.01. The number of carbonyl (C=O) groups is 1. The topological polar surface area (TPSA) is 41.6 Å². The fraction of sp³-hybridized carbons (Fsp3) is 0.381. The Labute approximate surface area is 158 Å². The van der Waals surface area contributed by atoms with E-state index in [0.717, 1.165) is 44.5 Å². The molecule has 0 unspecified atom stereocenters. The minimum atomic E-state index is -0.949. The predicted molar refractivity (Wildman–Crippen MR) is 99.7 cm³/mol. The molecule has 27 heavy (non-hydrogen) atoms. The van der Waals surface area contributed by atoms with Crippen LogP contribution >= 0.6 is 0 Å². The van der Waals surface area contributed by atoms with Crippen molar-refractivity contribution in [3.05, 3.63) is 65.7 Å². The molecule has 0 saturated carbocycles. The molecule has 6 heteroatoms. The number of likely N-dealkylation sites (tertiary alicyclic amines) is 1. The molecule has 2 aromatic rings. The van der Waals surface area contributed by atoms with E-state index >= 15 is 0 Å². The number of benzene rings is 2.